The summed E-state index contributed by atoms with van der Waals surface area (Å²) in [6.45, 7) is -2.63. The van der Waals surface area contributed by atoms with Crippen LogP contribution in [0, 0.1) is 5.82 Å². The van der Waals surface area contributed by atoms with Crippen molar-refractivity contribution in [2.75, 3.05) is 6.54 Å². The average molecular weight is 309 g/mol. The Morgan fingerprint density at radius 2 is 1.77 bits per heavy atom. The molecule has 2 aromatic carbocycles. The summed E-state index contributed by atoms with van der Waals surface area (Å²) >= 11 is 0. The zero-order valence-corrected chi connectivity index (χ0v) is 11.6. The van der Waals surface area contributed by atoms with Crippen LogP contribution in [0.2, 0.25) is 0 Å². The second-order valence-corrected chi connectivity index (χ2v) is 4.50. The highest BCUT2D eigenvalue weighted by atomic mass is 19.3. The number of halogens is 3. The van der Waals surface area contributed by atoms with Crippen molar-refractivity contribution in [1.29, 1.82) is 0 Å². The number of ether oxygens (including phenoxy) is 1. The fraction of sp³-hybridized carbons (Fsp3) is 0.188. The van der Waals surface area contributed by atoms with E-state index >= 15 is 0 Å². The first-order chi connectivity index (χ1) is 10.6. The van der Waals surface area contributed by atoms with Gasteiger partial charge in [-0.1, -0.05) is 18.2 Å². The Morgan fingerprint density at radius 3 is 2.41 bits per heavy atom. The molecule has 2 aromatic rings. The maximum atomic E-state index is 13.4. The number of carbonyl (C=O) groups is 1. The van der Waals surface area contributed by atoms with E-state index in [-0.39, 0.29) is 24.0 Å². The molecule has 0 heterocycles. The van der Waals surface area contributed by atoms with Crippen molar-refractivity contribution in [3.8, 4) is 5.75 Å². The molecule has 1 N–H and O–H groups in total. The molecule has 0 aliphatic heterocycles. The summed E-state index contributed by atoms with van der Waals surface area (Å²) in [6, 6.07) is 11.7. The van der Waals surface area contributed by atoms with E-state index in [1.54, 1.807) is 18.2 Å². The lowest BCUT2D eigenvalue weighted by Gasteiger charge is -2.07. The van der Waals surface area contributed by atoms with Crippen LogP contribution in [0.1, 0.15) is 15.9 Å². The highest BCUT2D eigenvalue weighted by molar-refractivity contribution is 5.94. The quantitative estimate of drug-likeness (QED) is 0.888. The van der Waals surface area contributed by atoms with Crippen LogP contribution in [-0.4, -0.2) is 19.1 Å². The van der Waals surface area contributed by atoms with E-state index in [1.807, 2.05) is 0 Å². The number of hydrogen-bond donors (Lipinski definition) is 1. The topological polar surface area (TPSA) is 38.3 Å². The predicted molar refractivity (Wildman–Crippen MR) is 75.5 cm³/mol. The van der Waals surface area contributed by atoms with Crippen LogP contribution in [0.4, 0.5) is 13.2 Å². The fourth-order valence-corrected chi connectivity index (χ4v) is 1.90. The number of nitrogens with one attached hydrogen (secondary N) is 1. The number of amides is 1. The van der Waals surface area contributed by atoms with Crippen LogP contribution in [-0.2, 0) is 6.42 Å². The molecular weight excluding hydrogens is 295 g/mol. The molecule has 0 aromatic heterocycles. The molecular formula is C16H14F3NO2. The molecule has 22 heavy (non-hydrogen) atoms. The first kappa shape index (κ1) is 15.9. The third-order valence-corrected chi connectivity index (χ3v) is 2.98. The van der Waals surface area contributed by atoms with Gasteiger partial charge in [0.1, 0.15) is 11.6 Å². The van der Waals surface area contributed by atoms with Gasteiger partial charge in [0.05, 0.1) is 0 Å². The fourth-order valence-electron chi connectivity index (χ4n) is 1.90. The molecule has 2 rings (SSSR count). The van der Waals surface area contributed by atoms with Gasteiger partial charge >= 0.3 is 6.61 Å². The van der Waals surface area contributed by atoms with Crippen LogP contribution in [0.3, 0.4) is 0 Å². The van der Waals surface area contributed by atoms with Gasteiger partial charge in [0.25, 0.3) is 5.91 Å². The van der Waals surface area contributed by atoms with Crippen LogP contribution in [0.25, 0.3) is 0 Å². The molecule has 6 heteroatoms. The second kappa shape index (κ2) is 7.49. The zero-order valence-electron chi connectivity index (χ0n) is 11.6. The summed E-state index contributed by atoms with van der Waals surface area (Å²) in [5.74, 6) is -0.692. The molecule has 0 unspecified atom stereocenters. The Morgan fingerprint density at radius 1 is 1.09 bits per heavy atom. The smallest absolute Gasteiger partial charge is 0.387 e. The third kappa shape index (κ3) is 4.51. The normalized spacial score (nSPS) is 10.5. The van der Waals surface area contributed by atoms with Crippen molar-refractivity contribution in [2.45, 2.75) is 13.0 Å². The summed E-state index contributed by atoms with van der Waals surface area (Å²) in [6.07, 6.45) is 0.366. The van der Waals surface area contributed by atoms with E-state index < -0.39 is 6.61 Å². The molecule has 3 nitrogen and oxygen atoms in total. The minimum Gasteiger partial charge on any atom is -0.435 e. The predicted octanol–water partition coefficient (Wildman–Crippen LogP) is 3.40. The van der Waals surface area contributed by atoms with Gasteiger partial charge in [0, 0.05) is 12.1 Å². The Hall–Kier alpha value is -2.50. The Balaban J connectivity index is 1.86. The largest absolute Gasteiger partial charge is 0.435 e. The highest BCUT2D eigenvalue weighted by Crippen LogP contribution is 2.14. The minimum atomic E-state index is -2.90. The monoisotopic (exact) mass is 309 g/mol. The molecule has 116 valence electrons. The number of benzene rings is 2. The minimum absolute atomic E-state index is 0.0158. The van der Waals surface area contributed by atoms with Crippen molar-refractivity contribution in [3.63, 3.8) is 0 Å². The SMILES string of the molecule is O=C(NCCc1ccccc1F)c1ccc(OC(F)F)cc1. The molecule has 0 aliphatic carbocycles. The maximum Gasteiger partial charge on any atom is 0.387 e. The van der Waals surface area contributed by atoms with Crippen molar-refractivity contribution in [3.05, 3.63) is 65.5 Å². The van der Waals surface area contributed by atoms with Gasteiger partial charge in [-0.15, -0.1) is 0 Å². The summed E-state index contributed by atoms with van der Waals surface area (Å²) in [5, 5.41) is 2.64. The summed E-state index contributed by atoms with van der Waals surface area (Å²) in [4.78, 5) is 11.9. The number of carbonyl (C=O) groups excluding carboxylic acids is 1. The van der Waals surface area contributed by atoms with Gasteiger partial charge in [-0.25, -0.2) is 4.39 Å². The summed E-state index contributed by atoms with van der Waals surface area (Å²) in [5.41, 5.74) is 0.832. The Bertz CT molecular complexity index is 630. The van der Waals surface area contributed by atoms with Gasteiger partial charge in [-0.05, 0) is 42.3 Å². The van der Waals surface area contributed by atoms with Gasteiger partial charge in [0.2, 0.25) is 0 Å². The zero-order chi connectivity index (χ0) is 15.9. The number of alkyl halides is 2. The lowest BCUT2D eigenvalue weighted by atomic mass is 10.1. The molecule has 0 saturated carbocycles. The molecule has 0 bridgehead atoms. The van der Waals surface area contributed by atoms with E-state index in [9.17, 15) is 18.0 Å². The average Bonchev–Trinajstić information content (AvgIpc) is 2.49. The standard InChI is InChI=1S/C16H14F3NO2/c17-14-4-2-1-3-11(14)9-10-20-15(21)12-5-7-13(8-6-12)22-16(18)19/h1-8,16H,9-10H2,(H,20,21). The van der Waals surface area contributed by atoms with Crippen LogP contribution in [0.15, 0.2) is 48.5 Å². The lowest BCUT2D eigenvalue weighted by Crippen LogP contribution is -2.25. The first-order valence-electron chi connectivity index (χ1n) is 6.63. The van der Waals surface area contributed by atoms with Crippen molar-refractivity contribution in [1.82, 2.24) is 5.32 Å². The van der Waals surface area contributed by atoms with Gasteiger partial charge in [0.15, 0.2) is 0 Å². The summed E-state index contributed by atoms with van der Waals surface area (Å²) in [7, 11) is 0. The van der Waals surface area contributed by atoms with E-state index in [1.165, 1.54) is 30.3 Å². The first-order valence-corrected chi connectivity index (χ1v) is 6.63. The highest BCUT2D eigenvalue weighted by Gasteiger charge is 2.08. The van der Waals surface area contributed by atoms with Crippen molar-refractivity contribution in [2.24, 2.45) is 0 Å². The molecule has 1 amide bonds. The van der Waals surface area contributed by atoms with E-state index in [0.717, 1.165) is 0 Å². The Kier molecular flexibility index (Phi) is 5.41. The molecule has 0 spiro atoms. The third-order valence-electron chi connectivity index (χ3n) is 2.98. The Labute approximate surface area is 125 Å². The molecule has 0 saturated heterocycles. The molecule has 0 aliphatic rings. The second-order valence-electron chi connectivity index (χ2n) is 4.50. The van der Waals surface area contributed by atoms with E-state index in [4.69, 9.17) is 0 Å². The van der Waals surface area contributed by atoms with E-state index in [2.05, 4.69) is 10.1 Å². The number of hydrogen-bond acceptors (Lipinski definition) is 2. The lowest BCUT2D eigenvalue weighted by molar-refractivity contribution is -0.0498. The van der Waals surface area contributed by atoms with Crippen molar-refractivity contribution >= 4 is 5.91 Å². The van der Waals surface area contributed by atoms with Gasteiger partial charge in [-0.3, -0.25) is 4.79 Å². The van der Waals surface area contributed by atoms with Gasteiger partial charge < -0.3 is 10.1 Å². The van der Waals surface area contributed by atoms with E-state index in [0.29, 0.717) is 17.5 Å². The van der Waals surface area contributed by atoms with Crippen LogP contribution < -0.4 is 10.1 Å². The van der Waals surface area contributed by atoms with Gasteiger partial charge in [-0.2, -0.15) is 8.78 Å². The van der Waals surface area contributed by atoms with Crippen LogP contribution >= 0.6 is 0 Å². The molecule has 0 atom stereocenters. The molecule has 0 radical (unpaired) electrons. The van der Waals surface area contributed by atoms with Crippen molar-refractivity contribution < 1.29 is 22.7 Å². The number of rotatable bonds is 6. The summed E-state index contributed by atoms with van der Waals surface area (Å²) < 4.78 is 41.6. The maximum absolute atomic E-state index is 13.4. The van der Waals surface area contributed by atoms with Crippen LogP contribution in [0.5, 0.6) is 5.75 Å². The molecule has 0 fully saturated rings.